The number of ether oxygens (including phenoxy) is 1. The molecule has 4 nitrogen and oxygen atoms in total. The molecule has 4 rings (SSSR count). The average molecular weight is 464 g/mol. The van der Waals surface area contributed by atoms with Gasteiger partial charge in [-0.25, -0.2) is 0 Å². The summed E-state index contributed by atoms with van der Waals surface area (Å²) in [6.45, 7) is 6.64. The molecule has 1 aliphatic rings. The Morgan fingerprint density at radius 3 is 2.09 bits per heavy atom. The summed E-state index contributed by atoms with van der Waals surface area (Å²) in [5.74, 6) is 1.32. The average Bonchev–Trinajstić information content (AvgIpc) is 3.07. The fraction of sp³-hybridized carbons (Fsp3) is 0.231. The molecule has 0 saturated carbocycles. The Morgan fingerprint density at radius 1 is 0.938 bits per heavy atom. The molecule has 0 saturated heterocycles. The number of nitriles is 1. The largest absolute Gasteiger partial charge is 0.493 e. The number of amidine groups is 1. The lowest BCUT2D eigenvalue weighted by molar-refractivity contribution is 0.268. The molecule has 0 aliphatic carbocycles. The van der Waals surface area contributed by atoms with Gasteiger partial charge in [-0.1, -0.05) is 47.5 Å². The number of aliphatic imine (C=N–C) groups is 1. The van der Waals surface area contributed by atoms with Crippen LogP contribution in [-0.2, 0) is 11.1 Å². The monoisotopic (exact) mass is 463 g/mol. The smallest absolute Gasteiger partial charge is 0.133 e. The Bertz CT molecular complexity index is 1220. The lowest BCUT2D eigenvalue weighted by atomic mass is 9.72. The predicted molar refractivity (Wildman–Crippen MR) is 130 cm³/mol. The Hall–Kier alpha value is -3.00. The van der Waals surface area contributed by atoms with Gasteiger partial charge in [0.1, 0.15) is 17.1 Å². The molecule has 3 aromatic rings. The molecule has 0 fully saturated rings. The molecule has 0 amide bonds. The van der Waals surface area contributed by atoms with Gasteiger partial charge >= 0.3 is 0 Å². The first kappa shape index (κ1) is 22.2. The van der Waals surface area contributed by atoms with E-state index in [1.807, 2.05) is 61.5 Å². The molecule has 162 valence electrons. The van der Waals surface area contributed by atoms with Crippen molar-refractivity contribution in [2.75, 3.05) is 6.61 Å². The summed E-state index contributed by atoms with van der Waals surface area (Å²) >= 11 is 12.3. The van der Waals surface area contributed by atoms with Crippen LogP contribution in [0.2, 0.25) is 10.0 Å². The summed E-state index contributed by atoms with van der Waals surface area (Å²) in [6, 6.07) is 23.2. The summed E-state index contributed by atoms with van der Waals surface area (Å²) in [4.78, 5) is 5.21. The minimum atomic E-state index is -0.655. The van der Waals surface area contributed by atoms with Crippen LogP contribution in [-0.4, -0.2) is 12.4 Å². The minimum Gasteiger partial charge on any atom is -0.493 e. The number of halogens is 2. The van der Waals surface area contributed by atoms with Crippen LogP contribution < -0.4 is 10.1 Å². The van der Waals surface area contributed by atoms with Crippen molar-refractivity contribution in [3.05, 3.63) is 99.0 Å². The van der Waals surface area contributed by atoms with Gasteiger partial charge < -0.3 is 10.1 Å². The number of hydrogen-bond donors (Lipinski definition) is 1. The maximum atomic E-state index is 9.32. The van der Waals surface area contributed by atoms with Crippen LogP contribution in [0.1, 0.15) is 43.0 Å². The van der Waals surface area contributed by atoms with Crippen LogP contribution in [0.4, 0.5) is 0 Å². The molecule has 6 heteroatoms. The Balaban J connectivity index is 1.90. The van der Waals surface area contributed by atoms with Crippen LogP contribution in [0.5, 0.6) is 5.75 Å². The molecule has 32 heavy (non-hydrogen) atoms. The van der Waals surface area contributed by atoms with Gasteiger partial charge in [0.15, 0.2) is 0 Å². The third-order valence-corrected chi connectivity index (χ3v) is 6.67. The van der Waals surface area contributed by atoms with Crippen molar-refractivity contribution in [3.63, 3.8) is 0 Å². The Labute approximate surface area is 198 Å². The van der Waals surface area contributed by atoms with E-state index in [4.69, 9.17) is 32.9 Å². The maximum absolute atomic E-state index is 9.32. The molecule has 1 heterocycles. The number of hydrogen-bond acceptors (Lipinski definition) is 4. The highest BCUT2D eigenvalue weighted by Gasteiger charge is 2.52. The van der Waals surface area contributed by atoms with E-state index in [0.717, 1.165) is 16.7 Å². The van der Waals surface area contributed by atoms with Crippen LogP contribution >= 0.6 is 23.2 Å². The van der Waals surface area contributed by atoms with Crippen molar-refractivity contribution in [1.29, 1.82) is 5.26 Å². The zero-order valence-corrected chi connectivity index (χ0v) is 19.6. The van der Waals surface area contributed by atoms with Gasteiger partial charge in [0.05, 0.1) is 29.3 Å². The third kappa shape index (κ3) is 3.72. The molecule has 2 atom stereocenters. The maximum Gasteiger partial charge on any atom is 0.133 e. The van der Waals surface area contributed by atoms with E-state index >= 15 is 0 Å². The lowest BCUT2D eigenvalue weighted by Gasteiger charge is -2.40. The molecule has 1 aliphatic heterocycles. The van der Waals surface area contributed by atoms with Crippen LogP contribution in [0, 0.1) is 11.3 Å². The lowest BCUT2D eigenvalue weighted by Crippen LogP contribution is -2.50. The van der Waals surface area contributed by atoms with Gasteiger partial charge in [-0.15, -0.1) is 0 Å². The van der Waals surface area contributed by atoms with E-state index in [-0.39, 0.29) is 0 Å². The van der Waals surface area contributed by atoms with E-state index in [1.165, 1.54) is 0 Å². The van der Waals surface area contributed by atoms with Crippen LogP contribution in [0.15, 0.2) is 71.7 Å². The summed E-state index contributed by atoms with van der Waals surface area (Å²) in [5.41, 5.74) is 2.18. The van der Waals surface area contributed by atoms with Gasteiger partial charge in [-0.2, -0.15) is 5.26 Å². The van der Waals surface area contributed by atoms with Crippen molar-refractivity contribution in [3.8, 4) is 11.8 Å². The normalized spacial score (nSPS) is 22.1. The summed E-state index contributed by atoms with van der Waals surface area (Å²) in [7, 11) is 0. The van der Waals surface area contributed by atoms with Gasteiger partial charge in [0.25, 0.3) is 0 Å². The van der Waals surface area contributed by atoms with E-state index in [0.29, 0.717) is 33.8 Å². The Morgan fingerprint density at radius 2 is 1.53 bits per heavy atom. The zero-order valence-electron chi connectivity index (χ0n) is 18.1. The number of nitrogens with zero attached hydrogens (tertiary/aromatic N) is 2. The van der Waals surface area contributed by atoms with E-state index in [2.05, 4.69) is 25.2 Å². The molecule has 1 N–H and O–H groups in total. The molecule has 0 spiro atoms. The molecular formula is C26H23Cl2N3O. The zero-order chi connectivity index (χ0) is 22.9. The van der Waals surface area contributed by atoms with Crippen molar-refractivity contribution in [2.24, 2.45) is 4.99 Å². The van der Waals surface area contributed by atoms with Crippen molar-refractivity contribution < 1.29 is 4.74 Å². The van der Waals surface area contributed by atoms with E-state index < -0.39 is 11.1 Å². The standard InChI is InChI=1S/C26H23Cl2N3O/c1-4-32-23-15-17(16-29)5-14-22(23)24-30-25(2,18-6-10-20(27)11-7-18)26(3,31-24)19-8-12-21(28)13-9-19/h5-15H,4H2,1-3H3,(H,30,31)/t25-,26-/m0/s1. The molecule has 0 radical (unpaired) electrons. The highest BCUT2D eigenvalue weighted by Crippen LogP contribution is 2.48. The van der Waals surface area contributed by atoms with Gasteiger partial charge in [-0.05, 0) is 74.4 Å². The fourth-order valence-corrected chi connectivity index (χ4v) is 4.43. The molecule has 0 bridgehead atoms. The third-order valence-electron chi connectivity index (χ3n) is 6.17. The first-order valence-electron chi connectivity index (χ1n) is 10.4. The second-order valence-electron chi connectivity index (χ2n) is 8.05. The van der Waals surface area contributed by atoms with Crippen molar-refractivity contribution in [2.45, 2.75) is 31.8 Å². The van der Waals surface area contributed by atoms with Crippen LogP contribution in [0.3, 0.4) is 0 Å². The van der Waals surface area contributed by atoms with Crippen molar-refractivity contribution in [1.82, 2.24) is 5.32 Å². The van der Waals surface area contributed by atoms with E-state index in [1.54, 1.807) is 12.1 Å². The highest BCUT2D eigenvalue weighted by molar-refractivity contribution is 6.30. The summed E-state index contributed by atoms with van der Waals surface area (Å²) in [5, 5.41) is 14.3. The molecular weight excluding hydrogens is 441 g/mol. The first-order chi connectivity index (χ1) is 15.3. The highest BCUT2D eigenvalue weighted by atomic mass is 35.5. The minimum absolute atomic E-state index is 0.484. The SMILES string of the molecule is CCOc1cc(C#N)ccc1C1=N[C@@](C)(c2ccc(Cl)cc2)[C@](C)(c2ccc(Cl)cc2)N1. The van der Waals surface area contributed by atoms with Crippen LogP contribution in [0.25, 0.3) is 0 Å². The summed E-state index contributed by atoms with van der Waals surface area (Å²) < 4.78 is 5.86. The van der Waals surface area contributed by atoms with E-state index in [9.17, 15) is 5.26 Å². The number of rotatable bonds is 5. The second kappa shape index (κ2) is 8.50. The predicted octanol–water partition coefficient (Wildman–Crippen LogP) is 6.44. The quantitative estimate of drug-likeness (QED) is 0.473. The van der Waals surface area contributed by atoms with Gasteiger partial charge in [-0.3, -0.25) is 4.99 Å². The molecule has 0 aromatic heterocycles. The fourth-order valence-electron chi connectivity index (χ4n) is 4.18. The number of benzene rings is 3. The van der Waals surface area contributed by atoms with Gasteiger partial charge in [0.2, 0.25) is 0 Å². The second-order valence-corrected chi connectivity index (χ2v) is 8.93. The topological polar surface area (TPSA) is 57.4 Å². The molecule has 0 unspecified atom stereocenters. The van der Waals surface area contributed by atoms with Gasteiger partial charge in [0, 0.05) is 10.0 Å². The van der Waals surface area contributed by atoms with Crippen molar-refractivity contribution >= 4 is 29.0 Å². The first-order valence-corrected chi connectivity index (χ1v) is 11.1. The molecule has 3 aromatic carbocycles. The number of nitrogens with one attached hydrogen (secondary N) is 1. The summed E-state index contributed by atoms with van der Waals surface area (Å²) in [6.07, 6.45) is 0. The Kier molecular flexibility index (Phi) is 5.90.